The summed E-state index contributed by atoms with van der Waals surface area (Å²) in [6, 6.07) is 11.1. The van der Waals surface area contributed by atoms with Gasteiger partial charge in [0.25, 0.3) is 0 Å². The van der Waals surface area contributed by atoms with Gasteiger partial charge in [-0.15, -0.1) is 0 Å². The SMILES string of the molecule is COc1ccc(N)c(NC(=O)CN2CCN(c3ccccn3)CC2)c1. The van der Waals surface area contributed by atoms with Crippen LogP contribution in [-0.2, 0) is 4.79 Å². The predicted octanol–water partition coefficient (Wildman–Crippen LogP) is 1.43. The lowest BCUT2D eigenvalue weighted by atomic mass is 10.2. The van der Waals surface area contributed by atoms with Crippen LogP contribution in [0.15, 0.2) is 42.6 Å². The summed E-state index contributed by atoms with van der Waals surface area (Å²) in [5.74, 6) is 1.57. The summed E-state index contributed by atoms with van der Waals surface area (Å²) in [5.41, 5.74) is 7.01. The van der Waals surface area contributed by atoms with E-state index in [-0.39, 0.29) is 5.91 Å². The zero-order valence-corrected chi connectivity index (χ0v) is 14.3. The Bertz CT molecular complexity index is 715. The molecule has 7 nitrogen and oxygen atoms in total. The first kappa shape index (κ1) is 17.0. The second-order valence-corrected chi connectivity index (χ2v) is 5.95. The van der Waals surface area contributed by atoms with Crippen molar-refractivity contribution in [2.24, 2.45) is 0 Å². The van der Waals surface area contributed by atoms with E-state index >= 15 is 0 Å². The molecule has 25 heavy (non-hydrogen) atoms. The number of nitrogens with one attached hydrogen (secondary N) is 1. The fourth-order valence-electron chi connectivity index (χ4n) is 2.84. The average Bonchev–Trinajstić information content (AvgIpc) is 2.65. The zero-order chi connectivity index (χ0) is 17.6. The van der Waals surface area contributed by atoms with Crippen LogP contribution in [-0.4, -0.2) is 55.6 Å². The number of nitrogens with zero attached hydrogens (tertiary/aromatic N) is 3. The number of hydrogen-bond acceptors (Lipinski definition) is 6. The number of carbonyl (C=O) groups excluding carboxylic acids is 1. The fourth-order valence-corrected chi connectivity index (χ4v) is 2.84. The summed E-state index contributed by atoms with van der Waals surface area (Å²) in [4.78, 5) is 21.0. The highest BCUT2D eigenvalue weighted by Gasteiger charge is 2.20. The number of hydrogen-bond donors (Lipinski definition) is 2. The van der Waals surface area contributed by atoms with Crippen molar-refractivity contribution in [1.82, 2.24) is 9.88 Å². The van der Waals surface area contributed by atoms with Crippen molar-refractivity contribution in [1.29, 1.82) is 0 Å². The maximum absolute atomic E-state index is 12.3. The molecule has 1 aromatic heterocycles. The monoisotopic (exact) mass is 341 g/mol. The Morgan fingerprint density at radius 2 is 2.04 bits per heavy atom. The summed E-state index contributed by atoms with van der Waals surface area (Å²) in [6.45, 7) is 3.68. The van der Waals surface area contributed by atoms with E-state index < -0.39 is 0 Å². The van der Waals surface area contributed by atoms with Crippen molar-refractivity contribution in [2.45, 2.75) is 0 Å². The van der Waals surface area contributed by atoms with Crippen molar-refractivity contribution < 1.29 is 9.53 Å². The van der Waals surface area contributed by atoms with E-state index in [2.05, 4.69) is 20.1 Å². The Morgan fingerprint density at radius 1 is 1.24 bits per heavy atom. The summed E-state index contributed by atoms with van der Waals surface area (Å²) in [6.07, 6.45) is 1.80. The molecule has 7 heteroatoms. The molecule has 0 unspecified atom stereocenters. The predicted molar refractivity (Wildman–Crippen MR) is 98.9 cm³/mol. The van der Waals surface area contributed by atoms with Crippen LogP contribution in [0.2, 0.25) is 0 Å². The first-order chi connectivity index (χ1) is 12.2. The van der Waals surface area contributed by atoms with Crippen LogP contribution in [0, 0.1) is 0 Å². The maximum Gasteiger partial charge on any atom is 0.238 e. The minimum absolute atomic E-state index is 0.0776. The van der Waals surface area contributed by atoms with E-state index in [1.54, 1.807) is 31.5 Å². The number of piperazine rings is 1. The number of rotatable bonds is 5. The van der Waals surface area contributed by atoms with Crippen molar-refractivity contribution in [2.75, 3.05) is 55.8 Å². The van der Waals surface area contributed by atoms with Crippen LogP contribution >= 0.6 is 0 Å². The number of aromatic nitrogens is 1. The van der Waals surface area contributed by atoms with Crippen LogP contribution in [0.25, 0.3) is 0 Å². The molecule has 3 rings (SSSR count). The summed E-state index contributed by atoms with van der Waals surface area (Å²) >= 11 is 0. The van der Waals surface area contributed by atoms with Gasteiger partial charge < -0.3 is 20.7 Å². The number of ether oxygens (including phenoxy) is 1. The molecule has 0 spiro atoms. The molecule has 1 aliphatic heterocycles. The third kappa shape index (κ3) is 4.39. The third-order valence-electron chi connectivity index (χ3n) is 4.25. The molecular weight excluding hydrogens is 318 g/mol. The van der Waals surface area contributed by atoms with E-state index in [4.69, 9.17) is 10.5 Å². The molecule has 0 aliphatic carbocycles. The van der Waals surface area contributed by atoms with Gasteiger partial charge >= 0.3 is 0 Å². The minimum atomic E-state index is -0.0776. The minimum Gasteiger partial charge on any atom is -0.497 e. The van der Waals surface area contributed by atoms with E-state index in [9.17, 15) is 4.79 Å². The standard InChI is InChI=1S/C18H23N5O2/c1-25-14-5-6-15(19)16(12-14)21-18(24)13-22-8-10-23(11-9-22)17-4-2-3-7-20-17/h2-7,12H,8-11,13,19H2,1H3,(H,21,24). The third-order valence-corrected chi connectivity index (χ3v) is 4.25. The van der Waals surface area contributed by atoms with Gasteiger partial charge in [-0.3, -0.25) is 9.69 Å². The molecule has 2 heterocycles. The second kappa shape index (κ2) is 7.85. The lowest BCUT2D eigenvalue weighted by molar-refractivity contribution is -0.117. The van der Waals surface area contributed by atoms with E-state index in [1.165, 1.54) is 0 Å². The van der Waals surface area contributed by atoms with Crippen LogP contribution in [0.1, 0.15) is 0 Å². The molecule has 1 amide bonds. The molecule has 132 valence electrons. The van der Waals surface area contributed by atoms with Gasteiger partial charge in [0.05, 0.1) is 25.0 Å². The Morgan fingerprint density at radius 3 is 2.72 bits per heavy atom. The summed E-state index contributed by atoms with van der Waals surface area (Å²) in [5, 5.41) is 2.86. The van der Waals surface area contributed by atoms with Crippen molar-refractivity contribution in [3.05, 3.63) is 42.6 Å². The topological polar surface area (TPSA) is 83.7 Å². The Hall–Kier alpha value is -2.80. The van der Waals surface area contributed by atoms with Crippen LogP contribution < -0.4 is 20.7 Å². The van der Waals surface area contributed by atoms with E-state index in [0.717, 1.165) is 32.0 Å². The zero-order valence-electron chi connectivity index (χ0n) is 14.3. The van der Waals surface area contributed by atoms with Crippen LogP contribution in [0.4, 0.5) is 17.2 Å². The average molecular weight is 341 g/mol. The highest BCUT2D eigenvalue weighted by atomic mass is 16.5. The lowest BCUT2D eigenvalue weighted by Gasteiger charge is -2.34. The number of anilines is 3. The fraction of sp³-hybridized carbons (Fsp3) is 0.333. The molecule has 3 N–H and O–H groups in total. The quantitative estimate of drug-likeness (QED) is 0.801. The van der Waals surface area contributed by atoms with Crippen LogP contribution in [0.5, 0.6) is 5.75 Å². The van der Waals surface area contributed by atoms with Crippen molar-refractivity contribution in [3.63, 3.8) is 0 Å². The van der Waals surface area contributed by atoms with Gasteiger partial charge in [0.1, 0.15) is 11.6 Å². The molecule has 0 bridgehead atoms. The number of pyridine rings is 1. The first-order valence-corrected chi connectivity index (χ1v) is 8.27. The molecule has 1 aliphatic rings. The Kier molecular flexibility index (Phi) is 5.35. The second-order valence-electron chi connectivity index (χ2n) is 5.95. The highest BCUT2D eigenvalue weighted by Crippen LogP contribution is 2.24. The smallest absolute Gasteiger partial charge is 0.238 e. The number of methoxy groups -OCH3 is 1. The van der Waals surface area contributed by atoms with Gasteiger partial charge in [-0.05, 0) is 24.3 Å². The van der Waals surface area contributed by atoms with Gasteiger partial charge in [-0.1, -0.05) is 6.07 Å². The van der Waals surface area contributed by atoms with E-state index in [0.29, 0.717) is 23.7 Å². The van der Waals surface area contributed by atoms with Crippen molar-refractivity contribution >= 4 is 23.1 Å². The van der Waals surface area contributed by atoms with Gasteiger partial charge in [0, 0.05) is 38.4 Å². The highest BCUT2D eigenvalue weighted by molar-refractivity contribution is 5.95. The van der Waals surface area contributed by atoms with Gasteiger partial charge in [0.15, 0.2) is 0 Å². The maximum atomic E-state index is 12.3. The Labute approximate surface area is 147 Å². The van der Waals surface area contributed by atoms with Gasteiger partial charge in [-0.2, -0.15) is 0 Å². The number of nitrogen functional groups attached to an aromatic ring is 1. The number of carbonyl (C=O) groups is 1. The molecule has 1 aromatic carbocycles. The number of benzene rings is 1. The molecular formula is C18H23N5O2. The molecule has 1 fully saturated rings. The Balaban J connectivity index is 1.51. The summed E-state index contributed by atoms with van der Waals surface area (Å²) < 4.78 is 5.17. The molecule has 0 atom stereocenters. The van der Waals surface area contributed by atoms with E-state index in [1.807, 2.05) is 18.2 Å². The molecule has 0 radical (unpaired) electrons. The van der Waals surface area contributed by atoms with Gasteiger partial charge in [0.2, 0.25) is 5.91 Å². The largest absolute Gasteiger partial charge is 0.497 e. The number of amides is 1. The number of nitrogens with two attached hydrogens (primary N) is 1. The molecule has 2 aromatic rings. The van der Waals surface area contributed by atoms with Crippen molar-refractivity contribution in [3.8, 4) is 5.75 Å². The summed E-state index contributed by atoms with van der Waals surface area (Å²) in [7, 11) is 1.58. The molecule has 1 saturated heterocycles. The first-order valence-electron chi connectivity index (χ1n) is 8.27. The normalized spacial score (nSPS) is 15.0. The van der Waals surface area contributed by atoms with Crippen LogP contribution in [0.3, 0.4) is 0 Å². The van der Waals surface area contributed by atoms with Gasteiger partial charge in [-0.25, -0.2) is 4.98 Å². The molecule has 0 saturated carbocycles. The lowest BCUT2D eigenvalue weighted by Crippen LogP contribution is -2.48.